The van der Waals surface area contributed by atoms with Gasteiger partial charge in [0.25, 0.3) is 5.56 Å². The van der Waals surface area contributed by atoms with Crippen LogP contribution >= 0.6 is 11.6 Å². The molecule has 7 heteroatoms. The predicted molar refractivity (Wildman–Crippen MR) is 119 cm³/mol. The molecule has 162 valence electrons. The minimum atomic E-state index is -0.872. The van der Waals surface area contributed by atoms with Gasteiger partial charge in [-0.2, -0.15) is 0 Å². The molecule has 2 fully saturated rings. The second-order valence-electron chi connectivity index (χ2n) is 8.32. The molecule has 2 heterocycles. The SMILES string of the molecule is CN1C(=O)CC[C@@H]1/C=C(\c1ccc(CCC(=O)O)c(Cl)c1)c1ccc(C2CC2)c(=O)[nH]1. The zero-order valence-electron chi connectivity index (χ0n) is 17.4. The van der Waals surface area contributed by atoms with Gasteiger partial charge in [-0.15, -0.1) is 0 Å². The number of aromatic amines is 1. The van der Waals surface area contributed by atoms with E-state index in [1.54, 1.807) is 18.0 Å². The number of hydrogen-bond donors (Lipinski definition) is 2. The van der Waals surface area contributed by atoms with Crippen molar-refractivity contribution in [2.75, 3.05) is 7.05 Å². The number of nitrogens with one attached hydrogen (secondary N) is 1. The first kappa shape index (κ1) is 21.4. The molecule has 0 unspecified atom stereocenters. The molecule has 4 rings (SSSR count). The number of H-pyrrole nitrogens is 1. The smallest absolute Gasteiger partial charge is 0.303 e. The number of pyridine rings is 1. The Morgan fingerprint density at radius 2 is 2.00 bits per heavy atom. The highest BCUT2D eigenvalue weighted by Gasteiger charge is 2.28. The van der Waals surface area contributed by atoms with E-state index < -0.39 is 5.97 Å². The highest BCUT2D eigenvalue weighted by atomic mass is 35.5. The Balaban J connectivity index is 1.73. The number of halogens is 1. The van der Waals surface area contributed by atoms with Gasteiger partial charge in [0.1, 0.15) is 0 Å². The van der Waals surface area contributed by atoms with Gasteiger partial charge in [-0.05, 0) is 54.9 Å². The van der Waals surface area contributed by atoms with Crippen molar-refractivity contribution in [1.29, 1.82) is 0 Å². The standard InChI is InChI=1S/C24H25ClN2O4/c1-27-17(7-10-22(27)28)13-19(21-9-8-18(14-2-3-14)24(31)26-21)16-5-4-15(20(25)12-16)6-11-23(29)30/h4-5,8-9,12-14,17H,2-3,6-7,10-11H2,1H3,(H,26,31)(H,29,30)/b19-13+/t17-/m1/s1. The van der Waals surface area contributed by atoms with Crippen LogP contribution in [-0.2, 0) is 16.0 Å². The van der Waals surface area contributed by atoms with Crippen molar-refractivity contribution < 1.29 is 14.7 Å². The number of carboxylic acid groups (broad SMARTS) is 1. The van der Waals surface area contributed by atoms with Gasteiger partial charge in [0, 0.05) is 41.7 Å². The molecule has 1 aliphatic carbocycles. The van der Waals surface area contributed by atoms with E-state index in [9.17, 15) is 14.4 Å². The second-order valence-corrected chi connectivity index (χ2v) is 8.73. The molecule has 0 bridgehead atoms. The summed E-state index contributed by atoms with van der Waals surface area (Å²) >= 11 is 6.46. The van der Waals surface area contributed by atoms with E-state index in [2.05, 4.69) is 4.98 Å². The molecule has 1 amide bonds. The fourth-order valence-corrected chi connectivity index (χ4v) is 4.35. The minimum Gasteiger partial charge on any atom is -0.481 e. The molecule has 1 aromatic carbocycles. The Morgan fingerprint density at radius 3 is 2.58 bits per heavy atom. The van der Waals surface area contributed by atoms with Gasteiger partial charge in [0.2, 0.25) is 5.91 Å². The predicted octanol–water partition coefficient (Wildman–Crippen LogP) is 3.98. The third-order valence-corrected chi connectivity index (χ3v) is 6.48. The van der Waals surface area contributed by atoms with Crippen LogP contribution in [0.3, 0.4) is 0 Å². The lowest BCUT2D eigenvalue weighted by molar-refractivity contribution is -0.137. The highest BCUT2D eigenvalue weighted by Crippen LogP contribution is 2.38. The van der Waals surface area contributed by atoms with Crippen LogP contribution in [-0.4, -0.2) is 40.0 Å². The fraction of sp³-hybridized carbons (Fsp3) is 0.375. The number of aliphatic carboxylic acids is 1. The molecule has 1 atom stereocenters. The number of hydrogen-bond acceptors (Lipinski definition) is 3. The maximum Gasteiger partial charge on any atom is 0.303 e. The van der Waals surface area contributed by atoms with Crippen LogP contribution in [0.5, 0.6) is 0 Å². The van der Waals surface area contributed by atoms with Gasteiger partial charge in [0.15, 0.2) is 0 Å². The number of carboxylic acids is 1. The molecule has 2 aromatic rings. The van der Waals surface area contributed by atoms with Crippen LogP contribution in [0.25, 0.3) is 5.57 Å². The van der Waals surface area contributed by atoms with Crippen molar-refractivity contribution in [1.82, 2.24) is 9.88 Å². The molecule has 6 nitrogen and oxygen atoms in total. The van der Waals surface area contributed by atoms with Crippen LogP contribution in [0.4, 0.5) is 0 Å². The third-order valence-electron chi connectivity index (χ3n) is 6.12. The van der Waals surface area contributed by atoms with E-state index in [0.717, 1.165) is 35.1 Å². The van der Waals surface area contributed by atoms with Crippen LogP contribution in [0, 0.1) is 0 Å². The minimum absolute atomic E-state index is 0.00664. The lowest BCUT2D eigenvalue weighted by Gasteiger charge is -2.19. The van der Waals surface area contributed by atoms with Gasteiger partial charge < -0.3 is 15.0 Å². The average molecular weight is 441 g/mol. The Morgan fingerprint density at radius 1 is 1.23 bits per heavy atom. The Kier molecular flexibility index (Phi) is 6.01. The summed E-state index contributed by atoms with van der Waals surface area (Å²) in [7, 11) is 1.79. The molecule has 1 aromatic heterocycles. The number of likely N-dealkylation sites (tertiary alicyclic amines) is 1. The molecule has 0 radical (unpaired) electrons. The second kappa shape index (κ2) is 8.71. The molecule has 1 saturated carbocycles. The zero-order valence-corrected chi connectivity index (χ0v) is 18.1. The summed E-state index contributed by atoms with van der Waals surface area (Å²) < 4.78 is 0. The highest BCUT2D eigenvalue weighted by molar-refractivity contribution is 6.31. The van der Waals surface area contributed by atoms with Gasteiger partial charge in [-0.25, -0.2) is 0 Å². The first-order chi connectivity index (χ1) is 14.8. The van der Waals surface area contributed by atoms with E-state index in [1.807, 2.05) is 30.3 Å². The van der Waals surface area contributed by atoms with E-state index in [4.69, 9.17) is 16.7 Å². The van der Waals surface area contributed by atoms with E-state index >= 15 is 0 Å². The average Bonchev–Trinajstić information content (AvgIpc) is 3.52. The fourth-order valence-electron chi connectivity index (χ4n) is 4.07. The molecule has 2 N–H and O–H groups in total. The number of aryl methyl sites for hydroxylation is 1. The number of aromatic nitrogens is 1. The van der Waals surface area contributed by atoms with E-state index in [1.165, 1.54) is 0 Å². The number of rotatable bonds is 7. The molecule has 31 heavy (non-hydrogen) atoms. The van der Waals surface area contributed by atoms with Crippen LogP contribution in [0.1, 0.15) is 60.4 Å². The third kappa shape index (κ3) is 4.74. The largest absolute Gasteiger partial charge is 0.481 e. The molecule has 0 spiro atoms. The maximum atomic E-state index is 12.7. The van der Waals surface area contributed by atoms with E-state index in [0.29, 0.717) is 35.9 Å². The van der Waals surface area contributed by atoms with Crippen LogP contribution < -0.4 is 5.56 Å². The summed E-state index contributed by atoms with van der Waals surface area (Å²) in [5.74, 6) is -0.421. The summed E-state index contributed by atoms with van der Waals surface area (Å²) in [6.07, 6.45) is 5.67. The molecule has 2 aliphatic rings. The monoisotopic (exact) mass is 440 g/mol. The summed E-state index contributed by atoms with van der Waals surface area (Å²) in [4.78, 5) is 40.3. The summed E-state index contributed by atoms with van der Waals surface area (Å²) in [5.41, 5.74) is 3.79. The lowest BCUT2D eigenvalue weighted by atomic mass is 9.96. The molecular formula is C24H25ClN2O4. The number of likely N-dealkylation sites (N-methyl/N-ethyl adjacent to an activating group) is 1. The number of carbonyl (C=O) groups excluding carboxylic acids is 1. The van der Waals surface area contributed by atoms with Crippen molar-refractivity contribution in [3.8, 4) is 0 Å². The van der Waals surface area contributed by atoms with Gasteiger partial charge in [-0.3, -0.25) is 14.4 Å². The van der Waals surface area contributed by atoms with Crippen molar-refractivity contribution in [2.45, 2.75) is 50.5 Å². The molecular weight excluding hydrogens is 416 g/mol. The number of carbonyl (C=O) groups is 2. The molecule has 1 aliphatic heterocycles. The normalized spacial score (nSPS) is 19.2. The van der Waals surface area contributed by atoms with Crippen LogP contribution in [0.2, 0.25) is 5.02 Å². The van der Waals surface area contributed by atoms with E-state index in [-0.39, 0.29) is 23.9 Å². The summed E-state index contributed by atoms with van der Waals surface area (Å²) in [5, 5.41) is 9.42. The van der Waals surface area contributed by atoms with Gasteiger partial charge in [0.05, 0.1) is 6.04 Å². The van der Waals surface area contributed by atoms with Crippen molar-refractivity contribution in [3.05, 3.63) is 74.2 Å². The summed E-state index contributed by atoms with van der Waals surface area (Å²) in [6.45, 7) is 0. The van der Waals surface area contributed by atoms with Crippen molar-refractivity contribution in [2.24, 2.45) is 0 Å². The number of benzene rings is 1. The lowest BCUT2D eigenvalue weighted by Crippen LogP contribution is -2.27. The number of amides is 1. The van der Waals surface area contributed by atoms with Gasteiger partial charge >= 0.3 is 5.97 Å². The first-order valence-corrected chi connectivity index (χ1v) is 10.9. The molecule has 1 saturated heterocycles. The summed E-state index contributed by atoms with van der Waals surface area (Å²) in [6, 6.07) is 9.26. The van der Waals surface area contributed by atoms with Crippen molar-refractivity contribution in [3.63, 3.8) is 0 Å². The van der Waals surface area contributed by atoms with Crippen LogP contribution in [0.15, 0.2) is 41.2 Å². The zero-order chi connectivity index (χ0) is 22.1. The number of nitrogens with zero attached hydrogens (tertiary/aromatic N) is 1. The Bertz CT molecular complexity index is 1120. The Labute approximate surface area is 185 Å². The Hall–Kier alpha value is -2.86. The quantitative estimate of drug-likeness (QED) is 0.681. The van der Waals surface area contributed by atoms with Crippen molar-refractivity contribution >= 4 is 29.1 Å². The topological polar surface area (TPSA) is 90.5 Å². The first-order valence-electron chi connectivity index (χ1n) is 10.5. The van der Waals surface area contributed by atoms with Gasteiger partial charge in [-0.1, -0.05) is 35.9 Å². The maximum absolute atomic E-state index is 12.7.